The molecule has 1 atom stereocenters. The van der Waals surface area contributed by atoms with Gasteiger partial charge in [-0.15, -0.1) is 0 Å². The molecule has 20 heavy (non-hydrogen) atoms. The van der Waals surface area contributed by atoms with E-state index in [1.165, 1.54) is 0 Å². The molecule has 0 saturated heterocycles. The molecule has 1 unspecified atom stereocenters. The summed E-state index contributed by atoms with van der Waals surface area (Å²) in [6.07, 6.45) is 0.777. The third-order valence-electron chi connectivity index (χ3n) is 2.67. The number of benzene rings is 2. The summed E-state index contributed by atoms with van der Waals surface area (Å²) in [5, 5.41) is 1.07. The number of ether oxygens (including phenoxy) is 1. The van der Waals surface area contributed by atoms with Crippen molar-refractivity contribution in [3.05, 3.63) is 56.5 Å². The molecule has 0 heterocycles. The van der Waals surface area contributed by atoms with Gasteiger partial charge in [-0.25, -0.2) is 0 Å². The van der Waals surface area contributed by atoms with Gasteiger partial charge >= 0.3 is 0 Å². The van der Waals surface area contributed by atoms with E-state index >= 15 is 0 Å². The predicted octanol–water partition coefficient (Wildman–Crippen LogP) is 5.44. The van der Waals surface area contributed by atoms with Gasteiger partial charge in [-0.3, -0.25) is 0 Å². The van der Waals surface area contributed by atoms with Crippen molar-refractivity contribution in [2.24, 2.45) is 5.73 Å². The van der Waals surface area contributed by atoms with Crippen molar-refractivity contribution in [2.75, 3.05) is 0 Å². The Labute approximate surface area is 137 Å². The SMILES string of the molecule is CC(N)Cc1ccc(Oc2ccc(Br)cc2Cl)c(Cl)c1. The molecule has 2 N–H and O–H groups in total. The maximum atomic E-state index is 6.23. The third kappa shape index (κ3) is 4.13. The van der Waals surface area contributed by atoms with Gasteiger partial charge in [-0.05, 0) is 49.2 Å². The Morgan fingerprint density at radius 2 is 1.70 bits per heavy atom. The zero-order chi connectivity index (χ0) is 14.7. The molecule has 0 fully saturated rings. The molecular formula is C15H14BrCl2NO. The topological polar surface area (TPSA) is 35.2 Å². The van der Waals surface area contributed by atoms with Crippen molar-refractivity contribution in [3.8, 4) is 11.5 Å². The molecular weight excluding hydrogens is 361 g/mol. The maximum Gasteiger partial charge on any atom is 0.146 e. The zero-order valence-electron chi connectivity index (χ0n) is 10.9. The number of rotatable bonds is 4. The molecule has 0 spiro atoms. The minimum atomic E-state index is 0.0961. The van der Waals surface area contributed by atoms with Crippen LogP contribution in [0.4, 0.5) is 0 Å². The van der Waals surface area contributed by atoms with Gasteiger partial charge in [-0.1, -0.05) is 45.2 Å². The highest BCUT2D eigenvalue weighted by Gasteiger charge is 2.08. The molecule has 0 bridgehead atoms. The van der Waals surface area contributed by atoms with E-state index in [2.05, 4.69) is 15.9 Å². The van der Waals surface area contributed by atoms with Crippen LogP contribution in [0, 0.1) is 0 Å². The first-order chi connectivity index (χ1) is 9.45. The third-order valence-corrected chi connectivity index (χ3v) is 3.75. The van der Waals surface area contributed by atoms with Crippen molar-refractivity contribution >= 4 is 39.1 Å². The van der Waals surface area contributed by atoms with E-state index in [-0.39, 0.29) is 6.04 Å². The van der Waals surface area contributed by atoms with E-state index in [4.69, 9.17) is 33.7 Å². The Hall–Kier alpha value is -0.740. The van der Waals surface area contributed by atoms with Crippen LogP contribution >= 0.6 is 39.1 Å². The van der Waals surface area contributed by atoms with E-state index < -0.39 is 0 Å². The number of hydrogen-bond acceptors (Lipinski definition) is 2. The molecule has 0 aliphatic heterocycles. The Bertz CT molecular complexity index is 617. The van der Waals surface area contributed by atoms with E-state index in [1.54, 1.807) is 12.1 Å². The molecule has 2 aromatic rings. The number of hydrogen-bond donors (Lipinski definition) is 1. The quantitative estimate of drug-likeness (QED) is 0.773. The largest absolute Gasteiger partial charge is 0.454 e. The van der Waals surface area contributed by atoms with Crippen molar-refractivity contribution in [1.82, 2.24) is 0 Å². The van der Waals surface area contributed by atoms with Crippen LogP contribution in [0.15, 0.2) is 40.9 Å². The van der Waals surface area contributed by atoms with Crippen molar-refractivity contribution in [2.45, 2.75) is 19.4 Å². The maximum absolute atomic E-state index is 6.23. The standard InChI is InChI=1S/C15H14BrCl2NO/c1-9(19)6-10-2-4-14(12(17)7-10)20-15-5-3-11(16)8-13(15)18/h2-5,7-9H,6,19H2,1H3. The molecule has 0 aliphatic rings. The molecule has 2 nitrogen and oxygen atoms in total. The van der Waals surface area contributed by atoms with Crippen LogP contribution in [-0.2, 0) is 6.42 Å². The van der Waals surface area contributed by atoms with E-state index in [0.717, 1.165) is 16.5 Å². The fourth-order valence-electron chi connectivity index (χ4n) is 1.80. The summed E-state index contributed by atoms with van der Waals surface area (Å²) in [6.45, 7) is 1.96. The van der Waals surface area contributed by atoms with Crippen molar-refractivity contribution < 1.29 is 4.74 Å². The second kappa shape index (κ2) is 6.81. The van der Waals surface area contributed by atoms with Gasteiger partial charge < -0.3 is 10.5 Å². The normalized spacial score (nSPS) is 12.2. The Balaban J connectivity index is 2.21. The lowest BCUT2D eigenvalue weighted by Crippen LogP contribution is -2.17. The molecule has 0 radical (unpaired) electrons. The Morgan fingerprint density at radius 1 is 1.10 bits per heavy atom. The first kappa shape index (κ1) is 15.6. The average molecular weight is 375 g/mol. The van der Waals surface area contributed by atoms with Crippen molar-refractivity contribution in [1.29, 1.82) is 0 Å². The van der Waals surface area contributed by atoms with Crippen LogP contribution in [0.5, 0.6) is 11.5 Å². The van der Waals surface area contributed by atoms with Crippen LogP contribution in [0.3, 0.4) is 0 Å². The second-order valence-electron chi connectivity index (χ2n) is 4.62. The Kier molecular flexibility index (Phi) is 5.33. The minimum absolute atomic E-state index is 0.0961. The molecule has 106 valence electrons. The lowest BCUT2D eigenvalue weighted by molar-refractivity contribution is 0.483. The van der Waals surface area contributed by atoms with E-state index in [1.807, 2.05) is 31.2 Å². The van der Waals surface area contributed by atoms with Crippen LogP contribution in [0.25, 0.3) is 0 Å². The molecule has 0 aromatic heterocycles. The summed E-state index contributed by atoms with van der Waals surface area (Å²) in [6, 6.07) is 11.2. The highest BCUT2D eigenvalue weighted by atomic mass is 79.9. The summed E-state index contributed by atoms with van der Waals surface area (Å²) in [5.41, 5.74) is 6.86. The van der Waals surface area contributed by atoms with Gasteiger partial charge in [0.05, 0.1) is 10.0 Å². The fourth-order valence-corrected chi connectivity index (χ4v) is 2.76. The summed E-state index contributed by atoms with van der Waals surface area (Å²) in [5.74, 6) is 1.14. The summed E-state index contributed by atoms with van der Waals surface area (Å²) in [4.78, 5) is 0. The molecule has 0 amide bonds. The van der Waals surface area contributed by atoms with Gasteiger partial charge in [0.25, 0.3) is 0 Å². The lowest BCUT2D eigenvalue weighted by atomic mass is 10.1. The van der Waals surface area contributed by atoms with Gasteiger partial charge in [-0.2, -0.15) is 0 Å². The van der Waals surface area contributed by atoms with Crippen molar-refractivity contribution in [3.63, 3.8) is 0 Å². The van der Waals surface area contributed by atoms with Crippen LogP contribution in [-0.4, -0.2) is 6.04 Å². The Morgan fingerprint density at radius 3 is 2.25 bits per heavy atom. The van der Waals surface area contributed by atoms with Crippen LogP contribution in [0.1, 0.15) is 12.5 Å². The lowest BCUT2D eigenvalue weighted by Gasteiger charge is -2.11. The zero-order valence-corrected chi connectivity index (χ0v) is 14.0. The van der Waals surface area contributed by atoms with Gasteiger partial charge in [0.15, 0.2) is 0 Å². The average Bonchev–Trinajstić information content (AvgIpc) is 2.34. The molecule has 0 saturated carbocycles. The second-order valence-corrected chi connectivity index (χ2v) is 6.35. The first-order valence-electron chi connectivity index (χ1n) is 6.12. The molecule has 2 rings (SSSR count). The summed E-state index contributed by atoms with van der Waals surface area (Å²) in [7, 11) is 0. The van der Waals surface area contributed by atoms with E-state index in [9.17, 15) is 0 Å². The molecule has 0 aliphatic carbocycles. The highest BCUT2D eigenvalue weighted by Crippen LogP contribution is 2.35. The highest BCUT2D eigenvalue weighted by molar-refractivity contribution is 9.10. The number of nitrogens with two attached hydrogens (primary N) is 1. The predicted molar refractivity (Wildman–Crippen MR) is 88.0 cm³/mol. The van der Waals surface area contributed by atoms with Gasteiger partial charge in [0.1, 0.15) is 11.5 Å². The molecule has 2 aromatic carbocycles. The summed E-state index contributed by atoms with van der Waals surface area (Å²) < 4.78 is 6.64. The summed E-state index contributed by atoms with van der Waals surface area (Å²) >= 11 is 15.7. The molecule has 5 heteroatoms. The fraction of sp³-hybridized carbons (Fsp3) is 0.200. The van der Waals surface area contributed by atoms with Gasteiger partial charge in [0.2, 0.25) is 0 Å². The first-order valence-corrected chi connectivity index (χ1v) is 7.67. The number of halogens is 3. The van der Waals surface area contributed by atoms with Crippen LogP contribution in [0.2, 0.25) is 10.0 Å². The monoisotopic (exact) mass is 373 g/mol. The van der Waals surface area contributed by atoms with Crippen LogP contribution < -0.4 is 10.5 Å². The van der Waals surface area contributed by atoms with Gasteiger partial charge in [0, 0.05) is 10.5 Å². The van der Waals surface area contributed by atoms with E-state index in [0.29, 0.717) is 21.5 Å². The minimum Gasteiger partial charge on any atom is -0.454 e. The smallest absolute Gasteiger partial charge is 0.146 e.